The molecule has 4 nitrogen and oxygen atoms in total. The van der Waals surface area contributed by atoms with Crippen molar-refractivity contribution in [1.82, 2.24) is 9.97 Å². The normalized spacial score (nSPS) is 11.4. The molecular weight excluding hydrogens is 194 g/mol. The average molecular weight is 202 g/mol. The van der Waals surface area contributed by atoms with Gasteiger partial charge in [0.25, 0.3) is 0 Å². The van der Waals surface area contributed by atoms with Gasteiger partial charge in [0, 0.05) is 12.4 Å². The molecule has 0 aromatic carbocycles. The highest BCUT2D eigenvalue weighted by molar-refractivity contribution is 5.68. The van der Waals surface area contributed by atoms with Gasteiger partial charge in [-0.15, -0.1) is 0 Å². The number of hydrogen-bond acceptors (Lipinski definition) is 3. The van der Waals surface area contributed by atoms with Crippen LogP contribution in [0, 0.1) is 6.92 Å². The van der Waals surface area contributed by atoms with Gasteiger partial charge in [0.15, 0.2) is 0 Å². The number of carboxylic acids is 1. The number of aryl methyl sites for hydroxylation is 1. The molecule has 0 aliphatic heterocycles. The summed E-state index contributed by atoms with van der Waals surface area (Å²) in [6.45, 7) is 1.36. The Labute approximate surface area is 78.6 Å². The minimum atomic E-state index is -3.47. The summed E-state index contributed by atoms with van der Waals surface area (Å²) in [6, 6.07) is 0. The molecule has 1 rings (SSSR count). The van der Waals surface area contributed by atoms with E-state index in [1.165, 1.54) is 13.1 Å². The third-order valence-corrected chi connectivity index (χ3v) is 1.60. The standard InChI is InChI=1S/C8H8F2N2O2/c1-5-7(12-3-2-11-5)8(9,10)4-6(13)14/h2-3H,4H2,1H3,(H,13,14). The summed E-state index contributed by atoms with van der Waals surface area (Å²) in [4.78, 5) is 17.2. The Bertz CT molecular complexity index is 355. The highest BCUT2D eigenvalue weighted by atomic mass is 19.3. The fraction of sp³-hybridized carbons (Fsp3) is 0.375. The van der Waals surface area contributed by atoms with Crippen molar-refractivity contribution < 1.29 is 18.7 Å². The van der Waals surface area contributed by atoms with Crippen molar-refractivity contribution in [3.63, 3.8) is 0 Å². The van der Waals surface area contributed by atoms with E-state index in [4.69, 9.17) is 5.11 Å². The first-order valence-corrected chi connectivity index (χ1v) is 3.81. The number of carbonyl (C=O) groups is 1. The second kappa shape index (κ2) is 3.65. The van der Waals surface area contributed by atoms with Gasteiger partial charge in [0.2, 0.25) is 0 Å². The first kappa shape index (κ1) is 10.5. The number of carboxylic acid groups (broad SMARTS) is 1. The molecule has 0 atom stereocenters. The smallest absolute Gasteiger partial charge is 0.309 e. The molecule has 0 amide bonds. The Hall–Kier alpha value is -1.59. The van der Waals surface area contributed by atoms with Crippen molar-refractivity contribution in [1.29, 1.82) is 0 Å². The molecule has 1 aromatic rings. The molecular formula is C8H8F2N2O2. The van der Waals surface area contributed by atoms with E-state index in [9.17, 15) is 13.6 Å². The Kier molecular flexibility index (Phi) is 2.73. The first-order valence-electron chi connectivity index (χ1n) is 3.81. The summed E-state index contributed by atoms with van der Waals surface area (Å²) in [7, 11) is 0. The second-order valence-corrected chi connectivity index (χ2v) is 2.77. The zero-order valence-corrected chi connectivity index (χ0v) is 7.37. The molecule has 1 aromatic heterocycles. The molecule has 76 valence electrons. The van der Waals surface area contributed by atoms with E-state index >= 15 is 0 Å². The van der Waals surface area contributed by atoms with Gasteiger partial charge in [0.1, 0.15) is 12.1 Å². The Morgan fingerprint density at radius 2 is 2.07 bits per heavy atom. The van der Waals surface area contributed by atoms with Crippen LogP contribution >= 0.6 is 0 Å². The topological polar surface area (TPSA) is 63.1 Å². The van der Waals surface area contributed by atoms with Crippen LogP contribution in [-0.2, 0) is 10.7 Å². The zero-order valence-electron chi connectivity index (χ0n) is 7.37. The minimum Gasteiger partial charge on any atom is -0.481 e. The predicted molar refractivity (Wildman–Crippen MR) is 42.9 cm³/mol. The van der Waals surface area contributed by atoms with Gasteiger partial charge in [-0.1, -0.05) is 0 Å². The summed E-state index contributed by atoms with van der Waals surface area (Å²) in [5.74, 6) is -5.04. The fourth-order valence-corrected chi connectivity index (χ4v) is 1.04. The van der Waals surface area contributed by atoms with Crippen LogP contribution in [0.4, 0.5) is 8.78 Å². The highest BCUT2D eigenvalue weighted by Gasteiger charge is 2.37. The number of aliphatic carboxylic acids is 1. The van der Waals surface area contributed by atoms with Crippen LogP contribution in [0.15, 0.2) is 12.4 Å². The van der Waals surface area contributed by atoms with Crippen LogP contribution in [0.5, 0.6) is 0 Å². The van der Waals surface area contributed by atoms with Gasteiger partial charge >= 0.3 is 11.9 Å². The zero-order chi connectivity index (χ0) is 10.8. The Morgan fingerprint density at radius 3 is 2.57 bits per heavy atom. The summed E-state index contributed by atoms with van der Waals surface area (Å²) in [5.41, 5.74) is -0.541. The molecule has 14 heavy (non-hydrogen) atoms. The molecule has 6 heteroatoms. The van der Waals surface area contributed by atoms with E-state index in [1.54, 1.807) is 0 Å². The van der Waals surface area contributed by atoms with E-state index in [-0.39, 0.29) is 5.69 Å². The van der Waals surface area contributed by atoms with Gasteiger partial charge < -0.3 is 5.11 Å². The Balaban J connectivity index is 3.03. The molecule has 0 spiro atoms. The number of aromatic nitrogens is 2. The lowest BCUT2D eigenvalue weighted by Gasteiger charge is -2.14. The Morgan fingerprint density at radius 1 is 1.50 bits per heavy atom. The van der Waals surface area contributed by atoms with Crippen LogP contribution in [0.1, 0.15) is 17.8 Å². The molecule has 0 radical (unpaired) electrons. The van der Waals surface area contributed by atoms with E-state index in [1.807, 2.05) is 0 Å². The molecule has 0 bridgehead atoms. The molecule has 1 N–H and O–H groups in total. The quantitative estimate of drug-likeness (QED) is 0.803. The predicted octanol–water partition coefficient (Wildman–Crippen LogP) is 1.35. The number of halogens is 2. The van der Waals surface area contributed by atoms with Gasteiger partial charge in [-0.2, -0.15) is 8.78 Å². The fourth-order valence-electron chi connectivity index (χ4n) is 1.04. The monoisotopic (exact) mass is 202 g/mol. The maximum Gasteiger partial charge on any atom is 0.309 e. The number of alkyl halides is 2. The van der Waals surface area contributed by atoms with Crippen molar-refractivity contribution in [2.24, 2.45) is 0 Å². The van der Waals surface area contributed by atoms with Crippen LogP contribution < -0.4 is 0 Å². The SMILES string of the molecule is Cc1nccnc1C(F)(F)CC(=O)O. The largest absolute Gasteiger partial charge is 0.481 e. The van der Waals surface area contributed by atoms with Gasteiger partial charge in [-0.05, 0) is 6.92 Å². The summed E-state index contributed by atoms with van der Waals surface area (Å²) in [5, 5.41) is 8.27. The van der Waals surface area contributed by atoms with Crippen LogP contribution in [0.25, 0.3) is 0 Å². The summed E-state index contributed by atoms with van der Waals surface area (Å²) in [6.07, 6.45) is 1.11. The number of rotatable bonds is 3. The summed E-state index contributed by atoms with van der Waals surface area (Å²) >= 11 is 0. The third-order valence-electron chi connectivity index (χ3n) is 1.60. The summed E-state index contributed by atoms with van der Waals surface area (Å²) < 4.78 is 26.4. The van der Waals surface area contributed by atoms with Crippen molar-refractivity contribution in [2.75, 3.05) is 0 Å². The maximum absolute atomic E-state index is 13.2. The van der Waals surface area contributed by atoms with Gasteiger partial charge in [-0.3, -0.25) is 14.8 Å². The first-order chi connectivity index (χ1) is 6.43. The van der Waals surface area contributed by atoms with Gasteiger partial charge in [0.05, 0.1) is 5.69 Å². The molecule has 0 fully saturated rings. The van der Waals surface area contributed by atoms with Crippen molar-refractivity contribution in [3.8, 4) is 0 Å². The van der Waals surface area contributed by atoms with E-state index in [0.717, 1.165) is 6.20 Å². The molecule has 0 aliphatic carbocycles. The van der Waals surface area contributed by atoms with E-state index in [2.05, 4.69) is 9.97 Å². The lowest BCUT2D eigenvalue weighted by Crippen LogP contribution is -2.21. The lowest BCUT2D eigenvalue weighted by atomic mass is 10.1. The van der Waals surface area contributed by atoms with E-state index < -0.39 is 24.0 Å². The number of nitrogens with zero attached hydrogens (tertiary/aromatic N) is 2. The molecule has 0 unspecified atom stereocenters. The average Bonchev–Trinajstić information content (AvgIpc) is 2.02. The van der Waals surface area contributed by atoms with Crippen molar-refractivity contribution in [2.45, 2.75) is 19.3 Å². The van der Waals surface area contributed by atoms with Crippen LogP contribution in [-0.4, -0.2) is 21.0 Å². The van der Waals surface area contributed by atoms with E-state index in [0.29, 0.717) is 0 Å². The maximum atomic E-state index is 13.2. The van der Waals surface area contributed by atoms with Crippen LogP contribution in [0.2, 0.25) is 0 Å². The van der Waals surface area contributed by atoms with Gasteiger partial charge in [-0.25, -0.2) is 0 Å². The van der Waals surface area contributed by atoms with Crippen molar-refractivity contribution >= 4 is 5.97 Å². The minimum absolute atomic E-state index is 0.0405. The number of hydrogen-bond donors (Lipinski definition) is 1. The highest BCUT2D eigenvalue weighted by Crippen LogP contribution is 2.31. The lowest BCUT2D eigenvalue weighted by molar-refractivity contribution is -0.145. The third kappa shape index (κ3) is 2.21. The second-order valence-electron chi connectivity index (χ2n) is 2.77. The van der Waals surface area contributed by atoms with Crippen molar-refractivity contribution in [3.05, 3.63) is 23.8 Å². The van der Waals surface area contributed by atoms with Crippen LogP contribution in [0.3, 0.4) is 0 Å². The molecule has 0 aliphatic rings. The molecule has 0 saturated heterocycles. The molecule has 0 saturated carbocycles. The molecule has 1 heterocycles.